The predicted molar refractivity (Wildman–Crippen MR) is 260 cm³/mol. The number of allylic oxidation sites excluding steroid dienone is 1. The molecule has 0 aliphatic heterocycles. The van der Waals surface area contributed by atoms with Gasteiger partial charge in [0.05, 0.1) is 10.0 Å². The number of benzene rings is 2. The third-order valence-corrected chi connectivity index (χ3v) is 17.5. The molecule has 0 spiro atoms. The molecule has 4 aliphatic carbocycles. The van der Waals surface area contributed by atoms with Crippen LogP contribution in [0.25, 0.3) is 5.57 Å². The molecular formula is C55H76Cl2O8. The number of ether oxygens (including phenoxy) is 2. The Balaban J connectivity index is 1.23. The molecule has 0 amide bonds. The zero-order valence-corrected chi connectivity index (χ0v) is 41.8. The van der Waals surface area contributed by atoms with Crippen molar-refractivity contribution in [3.05, 3.63) is 62.6 Å². The summed E-state index contributed by atoms with van der Waals surface area (Å²) in [6, 6.07) is 5.93. The van der Waals surface area contributed by atoms with Crippen LogP contribution in [0.3, 0.4) is 0 Å². The van der Waals surface area contributed by atoms with Gasteiger partial charge in [0.25, 0.3) is 0 Å². The van der Waals surface area contributed by atoms with E-state index in [2.05, 4.69) is 34.6 Å². The lowest BCUT2D eigenvalue weighted by Crippen LogP contribution is -2.53. The Morgan fingerprint density at radius 1 is 0.723 bits per heavy atom. The first-order valence-electron chi connectivity index (χ1n) is 25.2. The van der Waals surface area contributed by atoms with Gasteiger partial charge < -0.3 is 19.7 Å². The second-order valence-electron chi connectivity index (χ2n) is 21.5. The van der Waals surface area contributed by atoms with Crippen molar-refractivity contribution >= 4 is 52.7 Å². The number of halogens is 2. The summed E-state index contributed by atoms with van der Waals surface area (Å²) in [5.41, 5.74) is 1.60. The SMILES string of the molecule is CCCCC(=O)Oc1c(Cl)cc(C(=CCC[C@H]2CC[C@@]3(C)[C@@H](CC[C@@H]4[C@@H]3CC[C@]3(C)[C@@H](C(C)CCCC(C)C)CC[C@@H]43)C2)c2cc(Cl)c(OC(=O)CCCC)c(C(=O)O)c2)cc1C(=O)O. The second kappa shape index (κ2) is 22.2. The highest BCUT2D eigenvalue weighted by Gasteiger charge is 2.60. The van der Waals surface area contributed by atoms with Crippen molar-refractivity contribution in [3.63, 3.8) is 0 Å². The van der Waals surface area contributed by atoms with Crippen molar-refractivity contribution in [2.75, 3.05) is 0 Å². The molecule has 2 N–H and O–H groups in total. The van der Waals surface area contributed by atoms with Crippen LogP contribution in [0.5, 0.6) is 11.5 Å². The number of aromatic carboxylic acids is 2. The van der Waals surface area contributed by atoms with Gasteiger partial charge in [-0.1, -0.05) is 110 Å². The monoisotopic (exact) mass is 934 g/mol. The van der Waals surface area contributed by atoms with Crippen molar-refractivity contribution < 1.29 is 38.9 Å². The summed E-state index contributed by atoms with van der Waals surface area (Å²) in [5, 5.41) is 20.6. The highest BCUT2D eigenvalue weighted by atomic mass is 35.5. The number of carbonyl (C=O) groups is 4. The van der Waals surface area contributed by atoms with Crippen LogP contribution in [0.2, 0.25) is 10.0 Å². The fourth-order valence-electron chi connectivity index (χ4n) is 13.5. The van der Waals surface area contributed by atoms with Crippen molar-refractivity contribution in [2.24, 2.45) is 58.2 Å². The van der Waals surface area contributed by atoms with E-state index < -0.39 is 23.9 Å². The molecule has 8 nitrogen and oxygen atoms in total. The molecular weight excluding hydrogens is 860 g/mol. The number of rotatable bonds is 20. The topological polar surface area (TPSA) is 127 Å². The van der Waals surface area contributed by atoms with Gasteiger partial charge in [-0.05, 0) is 183 Å². The number of hydrogen-bond donors (Lipinski definition) is 2. The first-order chi connectivity index (χ1) is 30.9. The molecule has 0 bridgehead atoms. The predicted octanol–water partition coefficient (Wildman–Crippen LogP) is 15.5. The molecule has 0 heterocycles. The molecule has 2 aromatic carbocycles. The summed E-state index contributed by atoms with van der Waals surface area (Å²) < 4.78 is 11.0. The lowest BCUT2D eigenvalue weighted by molar-refractivity contribution is -0.135. The molecule has 2 aromatic rings. The van der Waals surface area contributed by atoms with Gasteiger partial charge in [0.15, 0.2) is 11.5 Å². The van der Waals surface area contributed by atoms with E-state index in [0.29, 0.717) is 58.6 Å². The van der Waals surface area contributed by atoms with E-state index in [1.807, 2.05) is 19.9 Å². The molecule has 1 unspecified atom stereocenters. The van der Waals surface area contributed by atoms with Gasteiger partial charge in [0.2, 0.25) is 0 Å². The Bertz CT molecular complexity index is 1980. The highest BCUT2D eigenvalue weighted by Crippen LogP contribution is 2.69. The molecule has 10 heteroatoms. The van der Waals surface area contributed by atoms with E-state index in [9.17, 15) is 29.4 Å². The van der Waals surface area contributed by atoms with E-state index >= 15 is 0 Å². The fourth-order valence-corrected chi connectivity index (χ4v) is 14.0. The zero-order valence-electron chi connectivity index (χ0n) is 40.2. The smallest absolute Gasteiger partial charge is 0.339 e. The largest absolute Gasteiger partial charge is 0.478 e. The second-order valence-corrected chi connectivity index (χ2v) is 22.3. The fraction of sp³-hybridized carbons (Fsp3) is 0.673. The van der Waals surface area contributed by atoms with Gasteiger partial charge in [-0.15, -0.1) is 0 Å². The Hall–Kier alpha value is -3.36. The van der Waals surface area contributed by atoms with E-state index in [-0.39, 0.29) is 45.5 Å². The van der Waals surface area contributed by atoms with Crippen molar-refractivity contribution in [3.8, 4) is 11.5 Å². The third kappa shape index (κ3) is 11.5. The summed E-state index contributed by atoms with van der Waals surface area (Å²) in [7, 11) is 0. The summed E-state index contributed by atoms with van der Waals surface area (Å²) in [6.45, 7) is 16.5. The molecule has 6 rings (SSSR count). The quantitative estimate of drug-likeness (QED) is 0.0993. The molecule has 9 atom stereocenters. The van der Waals surface area contributed by atoms with Crippen LogP contribution < -0.4 is 9.47 Å². The first kappa shape index (κ1) is 51.0. The molecule has 0 aromatic heterocycles. The van der Waals surface area contributed by atoms with E-state index in [1.54, 1.807) is 12.1 Å². The average molecular weight is 936 g/mol. The van der Waals surface area contributed by atoms with Crippen molar-refractivity contribution in [2.45, 2.75) is 177 Å². The maximum Gasteiger partial charge on any atom is 0.339 e. The number of fused-ring (bicyclic) bond motifs is 5. The lowest BCUT2D eigenvalue weighted by atomic mass is 9.44. The summed E-state index contributed by atoms with van der Waals surface area (Å²) in [4.78, 5) is 50.7. The van der Waals surface area contributed by atoms with Crippen LogP contribution in [0, 0.1) is 58.2 Å². The van der Waals surface area contributed by atoms with Gasteiger partial charge in [-0.2, -0.15) is 0 Å². The van der Waals surface area contributed by atoms with Crippen molar-refractivity contribution in [1.82, 2.24) is 0 Å². The Morgan fingerprint density at radius 2 is 1.28 bits per heavy atom. The standard InChI is InChI=1S/C55H76Cl2O8/c1-8-10-18-48(58)64-50-41(52(60)61)29-36(31-46(50)56)39(37-30-42(53(62)63)51(47(57)32-37)65-49(59)19-11-9-2)17-13-16-35-24-26-54(6)38(28-35)20-21-40-44-23-22-43(34(5)15-12-14-33(3)4)55(44,7)27-25-45(40)54/h17,29-35,38,40,43-45H,8-16,18-28H2,1-7H3,(H,60,61)(H,62,63)/t34?,35-,38-,40-,43+,44-,45-,54-,55+/m0/s1. The van der Waals surface area contributed by atoms with Crippen LogP contribution in [-0.4, -0.2) is 34.1 Å². The maximum absolute atomic E-state index is 12.7. The van der Waals surface area contributed by atoms with Crippen molar-refractivity contribution in [1.29, 1.82) is 0 Å². The Labute approximate surface area is 399 Å². The molecule has 4 saturated carbocycles. The zero-order chi connectivity index (χ0) is 47.2. The molecule has 358 valence electrons. The Kier molecular flexibility index (Phi) is 17.4. The molecule has 0 radical (unpaired) electrons. The normalized spacial score (nSPS) is 27.5. The minimum atomic E-state index is -1.33. The first-order valence-corrected chi connectivity index (χ1v) is 25.9. The Morgan fingerprint density at radius 3 is 1.82 bits per heavy atom. The van der Waals surface area contributed by atoms with Gasteiger partial charge in [-0.3, -0.25) is 9.59 Å². The molecule has 4 aliphatic rings. The summed E-state index contributed by atoms with van der Waals surface area (Å²) >= 11 is 13.5. The van der Waals surface area contributed by atoms with Gasteiger partial charge in [0.1, 0.15) is 11.1 Å². The summed E-state index contributed by atoms with van der Waals surface area (Å²) in [5.74, 6) is 1.87. The third-order valence-electron chi connectivity index (χ3n) is 17.0. The molecule has 4 fully saturated rings. The molecule has 65 heavy (non-hydrogen) atoms. The number of carboxylic acids is 2. The van der Waals surface area contributed by atoms with Crippen LogP contribution >= 0.6 is 23.2 Å². The minimum absolute atomic E-state index is 0.0591. The van der Waals surface area contributed by atoms with Crippen LogP contribution in [0.15, 0.2) is 30.3 Å². The highest BCUT2D eigenvalue weighted by molar-refractivity contribution is 6.33. The summed E-state index contributed by atoms with van der Waals surface area (Å²) in [6.07, 6.45) is 22.4. The van der Waals surface area contributed by atoms with Gasteiger partial charge in [-0.25, -0.2) is 9.59 Å². The number of hydrogen-bond acceptors (Lipinski definition) is 6. The number of unbranched alkanes of at least 4 members (excludes halogenated alkanes) is 2. The van der Waals surface area contributed by atoms with E-state index in [4.69, 9.17) is 32.7 Å². The molecule has 0 saturated heterocycles. The van der Waals surface area contributed by atoms with E-state index in [0.717, 1.165) is 61.2 Å². The van der Waals surface area contributed by atoms with Crippen LogP contribution in [-0.2, 0) is 9.59 Å². The number of carbonyl (C=O) groups excluding carboxylic acids is 2. The maximum atomic E-state index is 12.7. The number of carboxylic acid groups (broad SMARTS) is 2. The van der Waals surface area contributed by atoms with Crippen LogP contribution in [0.4, 0.5) is 0 Å². The van der Waals surface area contributed by atoms with Gasteiger partial charge >= 0.3 is 23.9 Å². The number of esters is 2. The van der Waals surface area contributed by atoms with E-state index in [1.165, 1.54) is 82.8 Å². The van der Waals surface area contributed by atoms with Gasteiger partial charge in [0, 0.05) is 12.8 Å². The average Bonchev–Trinajstić information content (AvgIpc) is 3.62. The minimum Gasteiger partial charge on any atom is -0.478 e. The lowest BCUT2D eigenvalue weighted by Gasteiger charge is -2.61. The van der Waals surface area contributed by atoms with Crippen LogP contribution in [0.1, 0.15) is 209 Å².